The van der Waals surface area contributed by atoms with Crippen LogP contribution in [0.25, 0.3) is 0 Å². The highest BCUT2D eigenvalue weighted by molar-refractivity contribution is 7.89. The zero-order valence-corrected chi connectivity index (χ0v) is 17.2. The molecule has 0 bridgehead atoms. The summed E-state index contributed by atoms with van der Waals surface area (Å²) in [5.41, 5.74) is 2.25. The molecule has 0 aliphatic rings. The second-order valence-electron chi connectivity index (χ2n) is 6.51. The zero-order valence-electron chi connectivity index (χ0n) is 16.4. The second-order valence-corrected chi connectivity index (χ2v) is 8.28. The molecule has 0 aromatic heterocycles. The van der Waals surface area contributed by atoms with Gasteiger partial charge in [-0.2, -0.15) is 0 Å². The van der Waals surface area contributed by atoms with Gasteiger partial charge in [-0.1, -0.05) is 36.8 Å². The van der Waals surface area contributed by atoms with Crippen LogP contribution in [0.1, 0.15) is 30.9 Å². The average molecular weight is 405 g/mol. The Balaban J connectivity index is 1.61. The van der Waals surface area contributed by atoms with Crippen molar-refractivity contribution in [2.75, 3.05) is 19.7 Å². The summed E-state index contributed by atoms with van der Waals surface area (Å²) in [6.45, 7) is 4.86. The fourth-order valence-corrected chi connectivity index (χ4v) is 3.55. The number of rotatable bonds is 11. The van der Waals surface area contributed by atoms with Gasteiger partial charge in [-0.15, -0.1) is 0 Å². The van der Waals surface area contributed by atoms with E-state index < -0.39 is 10.0 Å². The van der Waals surface area contributed by atoms with Gasteiger partial charge >= 0.3 is 0 Å². The fourth-order valence-electron chi connectivity index (χ4n) is 2.52. The minimum atomic E-state index is -3.56. The van der Waals surface area contributed by atoms with E-state index in [2.05, 4.69) is 10.0 Å². The number of carbonyl (C=O) groups is 1. The van der Waals surface area contributed by atoms with Gasteiger partial charge in [0.05, 0.1) is 11.5 Å². The molecule has 0 aliphatic heterocycles. The predicted molar refractivity (Wildman–Crippen MR) is 110 cm³/mol. The lowest BCUT2D eigenvalue weighted by Crippen LogP contribution is -2.34. The van der Waals surface area contributed by atoms with Crippen LogP contribution in [0.15, 0.2) is 53.4 Å². The van der Waals surface area contributed by atoms with Crippen molar-refractivity contribution in [1.29, 1.82) is 0 Å². The monoisotopic (exact) mass is 404 g/mol. The third-order valence-corrected chi connectivity index (χ3v) is 5.70. The van der Waals surface area contributed by atoms with Crippen molar-refractivity contribution in [2.24, 2.45) is 0 Å². The lowest BCUT2D eigenvalue weighted by molar-refractivity contribution is -0.121. The molecule has 2 aromatic rings. The lowest BCUT2D eigenvalue weighted by atomic mass is 10.2. The van der Waals surface area contributed by atoms with E-state index in [9.17, 15) is 13.2 Å². The number of hydrogen-bond donors (Lipinski definition) is 2. The summed E-state index contributed by atoms with van der Waals surface area (Å²) in [5, 5.41) is 2.71. The molecule has 0 radical (unpaired) electrons. The number of carbonyl (C=O) groups excluding carboxylic acids is 1. The van der Waals surface area contributed by atoms with E-state index in [0.717, 1.165) is 17.7 Å². The smallest absolute Gasteiger partial charge is 0.240 e. The first kappa shape index (κ1) is 21.9. The van der Waals surface area contributed by atoms with Crippen LogP contribution in [0.4, 0.5) is 0 Å². The van der Waals surface area contributed by atoms with Crippen molar-refractivity contribution >= 4 is 15.9 Å². The second kappa shape index (κ2) is 10.8. The Kier molecular flexibility index (Phi) is 8.47. The average Bonchev–Trinajstić information content (AvgIpc) is 2.70. The summed E-state index contributed by atoms with van der Waals surface area (Å²) in [4.78, 5) is 12.0. The van der Waals surface area contributed by atoms with Gasteiger partial charge in [-0.3, -0.25) is 4.79 Å². The van der Waals surface area contributed by atoms with Crippen molar-refractivity contribution in [2.45, 2.75) is 38.0 Å². The number of sulfonamides is 1. The Hall–Kier alpha value is -2.38. The molecule has 7 heteroatoms. The maximum Gasteiger partial charge on any atom is 0.240 e. The van der Waals surface area contributed by atoms with Crippen LogP contribution >= 0.6 is 0 Å². The molecule has 2 aromatic carbocycles. The molecule has 2 N–H and O–H groups in total. The van der Waals surface area contributed by atoms with Gasteiger partial charge in [-0.25, -0.2) is 13.1 Å². The molecule has 0 saturated carbocycles. The third-order valence-electron chi connectivity index (χ3n) is 4.22. The van der Waals surface area contributed by atoms with Crippen LogP contribution in [0.2, 0.25) is 0 Å². The van der Waals surface area contributed by atoms with Gasteiger partial charge in [0.2, 0.25) is 15.9 Å². The Bertz CT molecular complexity index is 847. The van der Waals surface area contributed by atoms with E-state index in [1.54, 1.807) is 24.3 Å². The van der Waals surface area contributed by atoms with E-state index in [-0.39, 0.29) is 23.9 Å². The summed E-state index contributed by atoms with van der Waals surface area (Å²) in [6, 6.07) is 14.5. The highest BCUT2D eigenvalue weighted by Crippen LogP contribution is 2.12. The van der Waals surface area contributed by atoms with E-state index in [1.807, 2.05) is 38.1 Å². The Morgan fingerprint density at radius 2 is 1.68 bits per heavy atom. The third kappa shape index (κ3) is 7.32. The molecule has 0 aliphatic carbocycles. The molecule has 0 fully saturated rings. The maximum atomic E-state index is 12.2. The highest BCUT2D eigenvalue weighted by atomic mass is 32.2. The van der Waals surface area contributed by atoms with E-state index in [4.69, 9.17) is 4.74 Å². The van der Waals surface area contributed by atoms with Crippen LogP contribution in [-0.2, 0) is 21.2 Å². The quantitative estimate of drug-likeness (QED) is 0.564. The number of amides is 1. The summed E-state index contributed by atoms with van der Waals surface area (Å²) in [7, 11) is -3.56. The molecule has 0 atom stereocenters. The SMILES string of the molecule is CCc1ccc(S(=O)(=O)NCCNC(=O)CCCOc2ccc(C)cc2)cc1. The number of aryl methyl sites for hydroxylation is 2. The zero-order chi connectivity index (χ0) is 20.4. The van der Waals surface area contributed by atoms with E-state index in [1.165, 1.54) is 5.56 Å². The van der Waals surface area contributed by atoms with Gasteiger partial charge < -0.3 is 10.1 Å². The first-order valence-corrected chi connectivity index (χ1v) is 10.9. The van der Waals surface area contributed by atoms with Crippen molar-refractivity contribution in [3.05, 3.63) is 59.7 Å². The summed E-state index contributed by atoms with van der Waals surface area (Å²) in [6.07, 6.45) is 1.78. The van der Waals surface area contributed by atoms with Crippen LogP contribution in [0.3, 0.4) is 0 Å². The number of nitrogens with one attached hydrogen (secondary N) is 2. The molecular formula is C21H28N2O4S. The van der Waals surface area contributed by atoms with Crippen LogP contribution < -0.4 is 14.8 Å². The minimum Gasteiger partial charge on any atom is -0.494 e. The molecule has 152 valence electrons. The van der Waals surface area contributed by atoms with Gasteiger partial charge in [0.15, 0.2) is 0 Å². The first-order chi connectivity index (χ1) is 13.4. The normalized spacial score (nSPS) is 11.2. The molecule has 0 spiro atoms. The van der Waals surface area contributed by atoms with Gasteiger partial charge in [0.1, 0.15) is 5.75 Å². The number of ether oxygens (including phenoxy) is 1. The fraction of sp³-hybridized carbons (Fsp3) is 0.381. The molecule has 0 unspecified atom stereocenters. The highest BCUT2D eigenvalue weighted by Gasteiger charge is 2.13. The summed E-state index contributed by atoms with van der Waals surface area (Å²) < 4.78 is 32.5. The Labute approximate surface area is 167 Å². The summed E-state index contributed by atoms with van der Waals surface area (Å²) >= 11 is 0. The van der Waals surface area contributed by atoms with Gasteiger partial charge in [-0.05, 0) is 49.6 Å². The van der Waals surface area contributed by atoms with E-state index in [0.29, 0.717) is 19.4 Å². The largest absolute Gasteiger partial charge is 0.494 e. The topological polar surface area (TPSA) is 84.5 Å². The molecular weight excluding hydrogens is 376 g/mol. The lowest BCUT2D eigenvalue weighted by Gasteiger charge is -2.09. The molecule has 0 saturated heterocycles. The van der Waals surface area contributed by atoms with Crippen LogP contribution in [0, 0.1) is 6.92 Å². The predicted octanol–water partition coefficient (Wildman–Crippen LogP) is 2.81. The first-order valence-electron chi connectivity index (χ1n) is 9.45. The molecule has 0 heterocycles. The minimum absolute atomic E-state index is 0.126. The van der Waals surface area contributed by atoms with Crippen molar-refractivity contribution in [1.82, 2.24) is 10.0 Å². The molecule has 2 rings (SSSR count). The number of hydrogen-bond acceptors (Lipinski definition) is 4. The van der Waals surface area contributed by atoms with Crippen LogP contribution in [0.5, 0.6) is 5.75 Å². The van der Waals surface area contributed by atoms with Gasteiger partial charge in [0, 0.05) is 19.5 Å². The van der Waals surface area contributed by atoms with Crippen molar-refractivity contribution in [3.8, 4) is 5.75 Å². The molecule has 6 nitrogen and oxygen atoms in total. The number of benzene rings is 2. The van der Waals surface area contributed by atoms with Crippen LogP contribution in [-0.4, -0.2) is 34.0 Å². The maximum absolute atomic E-state index is 12.2. The van der Waals surface area contributed by atoms with E-state index >= 15 is 0 Å². The summed E-state index contributed by atoms with van der Waals surface area (Å²) in [5.74, 6) is 0.659. The van der Waals surface area contributed by atoms with Crippen molar-refractivity contribution in [3.63, 3.8) is 0 Å². The Morgan fingerprint density at radius 3 is 2.32 bits per heavy atom. The van der Waals surface area contributed by atoms with Gasteiger partial charge in [0.25, 0.3) is 0 Å². The molecule has 1 amide bonds. The molecule has 28 heavy (non-hydrogen) atoms. The van der Waals surface area contributed by atoms with Crippen molar-refractivity contribution < 1.29 is 17.9 Å². The Morgan fingerprint density at radius 1 is 1.00 bits per heavy atom. The standard InChI is InChI=1S/C21H28N2O4S/c1-3-18-8-12-20(13-9-18)28(25,26)23-15-14-22-21(24)5-4-16-27-19-10-6-17(2)7-11-19/h6-13,23H,3-5,14-16H2,1-2H3,(H,22,24).